The second-order valence-corrected chi connectivity index (χ2v) is 16.8. The van der Waals surface area contributed by atoms with Gasteiger partial charge in [-0.1, -0.05) is 167 Å². The van der Waals surface area contributed by atoms with Crippen LogP contribution in [0.1, 0.15) is 206 Å². The van der Waals surface area contributed by atoms with Crippen LogP contribution in [0.25, 0.3) is 0 Å². The monoisotopic (exact) mass is 788 g/mol. The molecule has 0 radical (unpaired) electrons. The number of carbonyl (C=O) groups excluding carboxylic acids is 2. The lowest BCUT2D eigenvalue weighted by Gasteiger charge is -2.19. The van der Waals surface area contributed by atoms with Crippen molar-refractivity contribution in [1.82, 2.24) is 0 Å². The molecule has 1 rings (SSSR count). The maximum Gasteiger partial charge on any atom is 0.472 e. The first-order valence-corrected chi connectivity index (χ1v) is 23.8. The van der Waals surface area contributed by atoms with Gasteiger partial charge in [0.2, 0.25) is 0 Å². The summed E-state index contributed by atoms with van der Waals surface area (Å²) in [6.45, 7) is 3.70. The number of rotatable bonds is 41. The molecule has 1 heterocycles. The molecule has 1 aliphatic rings. The first-order valence-electron chi connectivity index (χ1n) is 22.3. The van der Waals surface area contributed by atoms with Crippen LogP contribution in [-0.2, 0) is 37.4 Å². The average Bonchev–Trinajstić information content (AvgIpc) is 3.91. The number of hydrogen-bond acceptors (Lipinski definition) is 9. The van der Waals surface area contributed by atoms with Crippen LogP contribution in [0.15, 0.2) is 12.2 Å². The zero-order chi connectivity index (χ0) is 39.4. The number of allylic oxidation sites excluding steroid dienone is 1. The Labute approximate surface area is 330 Å². The van der Waals surface area contributed by atoms with Gasteiger partial charge in [0.05, 0.1) is 25.4 Å². The number of phosphoric acid groups is 1. The fraction of sp³-hybridized carbons (Fsp3) is 0.907. The van der Waals surface area contributed by atoms with E-state index in [-0.39, 0.29) is 32.6 Å². The summed E-state index contributed by atoms with van der Waals surface area (Å²) in [7, 11) is -4.38. The van der Waals surface area contributed by atoms with Crippen LogP contribution in [0, 0.1) is 0 Å². The Hall–Kier alpha value is -1.29. The second kappa shape index (κ2) is 36.1. The van der Waals surface area contributed by atoms with Crippen molar-refractivity contribution < 1.29 is 42.3 Å². The minimum atomic E-state index is -4.38. The van der Waals surface area contributed by atoms with E-state index in [9.17, 15) is 19.0 Å². The molecule has 0 saturated carbocycles. The van der Waals surface area contributed by atoms with Gasteiger partial charge < -0.3 is 24.8 Å². The van der Waals surface area contributed by atoms with E-state index in [1.165, 1.54) is 116 Å². The zero-order valence-corrected chi connectivity index (χ0v) is 35.6. The third kappa shape index (κ3) is 32.9. The number of phosphoric ester groups is 1. The van der Waals surface area contributed by atoms with Gasteiger partial charge in [-0.2, -0.15) is 0 Å². The van der Waals surface area contributed by atoms with Crippen LogP contribution in [0.5, 0.6) is 0 Å². The molecule has 0 bridgehead atoms. The quantitative estimate of drug-likeness (QED) is 0.0202. The van der Waals surface area contributed by atoms with Crippen LogP contribution < -0.4 is 5.73 Å². The largest absolute Gasteiger partial charge is 0.472 e. The van der Waals surface area contributed by atoms with Gasteiger partial charge in [-0.15, -0.1) is 0 Å². The highest BCUT2D eigenvalue weighted by Crippen LogP contribution is 2.43. The van der Waals surface area contributed by atoms with Crippen molar-refractivity contribution in [3.63, 3.8) is 0 Å². The van der Waals surface area contributed by atoms with E-state index in [0.29, 0.717) is 25.0 Å². The Morgan fingerprint density at radius 2 is 1.15 bits per heavy atom. The van der Waals surface area contributed by atoms with Crippen molar-refractivity contribution >= 4 is 19.8 Å². The van der Waals surface area contributed by atoms with Crippen molar-refractivity contribution in [1.29, 1.82) is 0 Å². The van der Waals surface area contributed by atoms with E-state index in [1.54, 1.807) is 0 Å². The first-order chi connectivity index (χ1) is 26.3. The van der Waals surface area contributed by atoms with Crippen LogP contribution in [0.2, 0.25) is 0 Å². The lowest BCUT2D eigenvalue weighted by Crippen LogP contribution is -2.29. The molecule has 10 nitrogen and oxygen atoms in total. The van der Waals surface area contributed by atoms with E-state index in [2.05, 4.69) is 26.0 Å². The highest BCUT2D eigenvalue weighted by molar-refractivity contribution is 7.47. The molecule has 11 heteroatoms. The third-order valence-corrected chi connectivity index (χ3v) is 11.1. The number of unbranched alkanes of at least 4 members (excludes halogenated alkanes) is 23. The van der Waals surface area contributed by atoms with E-state index >= 15 is 0 Å². The van der Waals surface area contributed by atoms with E-state index in [1.807, 2.05) is 0 Å². The van der Waals surface area contributed by atoms with Gasteiger partial charge >= 0.3 is 19.8 Å². The van der Waals surface area contributed by atoms with Gasteiger partial charge in [-0.05, 0) is 38.5 Å². The van der Waals surface area contributed by atoms with Crippen LogP contribution in [-0.4, -0.2) is 61.5 Å². The predicted molar refractivity (Wildman–Crippen MR) is 219 cm³/mol. The summed E-state index contributed by atoms with van der Waals surface area (Å²) in [6.07, 6.45) is 38.3. The topological polar surface area (TPSA) is 147 Å². The third-order valence-electron chi connectivity index (χ3n) is 10.1. The Bertz CT molecular complexity index is 965. The predicted octanol–water partition coefficient (Wildman–Crippen LogP) is 11.6. The molecule has 0 aromatic heterocycles. The van der Waals surface area contributed by atoms with Crippen molar-refractivity contribution in [2.75, 3.05) is 26.4 Å². The number of epoxide rings is 1. The maximum atomic E-state index is 12.6. The first kappa shape index (κ1) is 50.7. The van der Waals surface area contributed by atoms with E-state index in [0.717, 1.165) is 51.4 Å². The summed E-state index contributed by atoms with van der Waals surface area (Å²) in [6, 6.07) is 0. The molecule has 3 N–H and O–H groups in total. The number of hydrogen-bond donors (Lipinski definition) is 2. The molecule has 318 valence electrons. The molecule has 0 spiro atoms. The number of nitrogens with two attached hydrogens (primary N) is 1. The fourth-order valence-electron chi connectivity index (χ4n) is 6.64. The average molecular weight is 788 g/mol. The Balaban J connectivity index is 2.16. The summed E-state index contributed by atoms with van der Waals surface area (Å²) in [5.41, 5.74) is 5.35. The smallest absolute Gasteiger partial charge is 0.462 e. The van der Waals surface area contributed by atoms with Crippen molar-refractivity contribution in [2.45, 2.75) is 225 Å². The molecule has 1 saturated heterocycles. The van der Waals surface area contributed by atoms with Gasteiger partial charge in [0.25, 0.3) is 0 Å². The number of carbonyl (C=O) groups is 2. The summed E-state index contributed by atoms with van der Waals surface area (Å²) in [4.78, 5) is 34.9. The zero-order valence-electron chi connectivity index (χ0n) is 34.7. The fourth-order valence-corrected chi connectivity index (χ4v) is 7.41. The summed E-state index contributed by atoms with van der Waals surface area (Å²) < 4.78 is 38.6. The Morgan fingerprint density at radius 1 is 0.648 bits per heavy atom. The summed E-state index contributed by atoms with van der Waals surface area (Å²) >= 11 is 0. The molecule has 3 unspecified atom stereocenters. The number of ether oxygens (including phenoxy) is 3. The molecule has 0 aliphatic carbocycles. The van der Waals surface area contributed by atoms with Crippen LogP contribution in [0.3, 0.4) is 0 Å². The molecule has 54 heavy (non-hydrogen) atoms. The Kier molecular flexibility index (Phi) is 33.9. The molecule has 0 aromatic rings. The summed E-state index contributed by atoms with van der Waals surface area (Å²) in [5, 5.41) is 0. The van der Waals surface area contributed by atoms with Crippen LogP contribution in [0.4, 0.5) is 0 Å². The van der Waals surface area contributed by atoms with E-state index < -0.39 is 32.5 Å². The number of esters is 2. The standard InChI is InChI=1S/C43H82NO9P/c1-3-5-7-9-11-12-13-14-15-16-17-18-19-20-21-25-30-34-43(46)52-39(38-51-54(47,48)50-36-35-44)37-49-42(45)33-29-26-22-24-28-32-41-40(53-41)31-27-23-10-8-6-4-2/h23,27,39-41H,3-22,24-26,28-38,44H2,1-2H3,(H,47,48)/b27-23-/t39-,40?,41?/m1/s1. The highest BCUT2D eigenvalue weighted by Gasteiger charge is 2.36. The van der Waals surface area contributed by atoms with Crippen molar-refractivity contribution in [2.24, 2.45) is 5.73 Å². The molecule has 0 amide bonds. The molecule has 0 aromatic carbocycles. The van der Waals surface area contributed by atoms with Gasteiger partial charge in [0.1, 0.15) is 6.61 Å². The van der Waals surface area contributed by atoms with Gasteiger partial charge in [0.15, 0.2) is 6.10 Å². The minimum Gasteiger partial charge on any atom is -0.462 e. The highest BCUT2D eigenvalue weighted by atomic mass is 31.2. The van der Waals surface area contributed by atoms with Crippen molar-refractivity contribution in [3.8, 4) is 0 Å². The molecular weight excluding hydrogens is 705 g/mol. The van der Waals surface area contributed by atoms with Crippen LogP contribution >= 0.6 is 7.82 Å². The van der Waals surface area contributed by atoms with Gasteiger partial charge in [-0.25, -0.2) is 4.57 Å². The lowest BCUT2D eigenvalue weighted by molar-refractivity contribution is -0.161. The van der Waals surface area contributed by atoms with E-state index in [4.69, 9.17) is 29.0 Å². The normalized spacial score (nSPS) is 17.1. The molecule has 1 aliphatic heterocycles. The van der Waals surface area contributed by atoms with Crippen molar-refractivity contribution in [3.05, 3.63) is 12.2 Å². The minimum absolute atomic E-state index is 0.0514. The molecule has 1 fully saturated rings. The molecular formula is C43H82NO9P. The Morgan fingerprint density at radius 3 is 1.70 bits per heavy atom. The van der Waals surface area contributed by atoms with Gasteiger partial charge in [0, 0.05) is 19.4 Å². The molecule has 4 atom stereocenters. The second-order valence-electron chi connectivity index (χ2n) is 15.3. The lowest BCUT2D eigenvalue weighted by atomic mass is 10.0. The maximum absolute atomic E-state index is 12.6. The van der Waals surface area contributed by atoms with Gasteiger partial charge in [-0.3, -0.25) is 18.6 Å². The SMILES string of the molecule is CCCCC/C=C\CC1OC1CCCCCCCC(=O)OC[C@H](COP(=O)(O)OCCN)OC(=O)CCCCCCCCCCCCCCCCCCC. The summed E-state index contributed by atoms with van der Waals surface area (Å²) in [5.74, 6) is -0.842.